The van der Waals surface area contributed by atoms with Gasteiger partial charge in [-0.2, -0.15) is 0 Å². The standard InChI is InChI=1S/C25H46O12/c1-4-5-6-7-10-34-25(2,3)9-8-14(28)11-15-18(29)21(32)23(17(13-27)35-15)37-24-22(33)20(31)19(30)16(12-26)36-24/h15-24,26-27,29-33H,4-13H2,1-3H3. The van der Waals surface area contributed by atoms with Crippen molar-refractivity contribution in [3.8, 4) is 0 Å². The van der Waals surface area contributed by atoms with Crippen LogP contribution in [0.2, 0.25) is 0 Å². The Balaban J connectivity index is 1.91. The van der Waals surface area contributed by atoms with Crippen molar-refractivity contribution < 1.29 is 59.5 Å². The summed E-state index contributed by atoms with van der Waals surface area (Å²) in [4.78, 5) is 12.6. The quantitative estimate of drug-likeness (QED) is 0.123. The van der Waals surface area contributed by atoms with Gasteiger partial charge in [-0.3, -0.25) is 4.79 Å². The molecule has 0 aliphatic carbocycles. The summed E-state index contributed by atoms with van der Waals surface area (Å²) in [5.74, 6) is -0.205. The highest BCUT2D eigenvalue weighted by molar-refractivity contribution is 5.79. The fourth-order valence-corrected chi connectivity index (χ4v) is 4.55. The highest BCUT2D eigenvalue weighted by Crippen LogP contribution is 2.30. The van der Waals surface area contributed by atoms with Crippen molar-refractivity contribution in [1.29, 1.82) is 0 Å². The van der Waals surface area contributed by atoms with E-state index < -0.39 is 80.0 Å². The Morgan fingerprint density at radius 3 is 2.08 bits per heavy atom. The van der Waals surface area contributed by atoms with Crippen LogP contribution >= 0.6 is 0 Å². The first-order valence-electron chi connectivity index (χ1n) is 13.2. The molecular formula is C25H46O12. The monoisotopic (exact) mass is 538 g/mol. The number of aliphatic hydroxyl groups excluding tert-OH is 7. The number of carbonyl (C=O) groups excluding carboxylic acids is 1. The smallest absolute Gasteiger partial charge is 0.187 e. The van der Waals surface area contributed by atoms with Gasteiger partial charge in [-0.25, -0.2) is 0 Å². The van der Waals surface area contributed by atoms with Gasteiger partial charge in [0.2, 0.25) is 0 Å². The molecule has 2 heterocycles. The Morgan fingerprint density at radius 2 is 1.46 bits per heavy atom. The lowest BCUT2D eigenvalue weighted by atomic mass is 9.90. The van der Waals surface area contributed by atoms with Crippen LogP contribution < -0.4 is 0 Å². The van der Waals surface area contributed by atoms with Crippen molar-refractivity contribution in [2.75, 3.05) is 19.8 Å². The molecule has 0 aromatic rings. The topological polar surface area (TPSA) is 196 Å². The molecule has 2 rings (SSSR count). The molecule has 37 heavy (non-hydrogen) atoms. The van der Waals surface area contributed by atoms with Crippen LogP contribution in [0.15, 0.2) is 0 Å². The molecule has 12 heteroatoms. The Hall–Kier alpha value is -0.770. The predicted molar refractivity (Wildman–Crippen MR) is 129 cm³/mol. The first-order valence-corrected chi connectivity index (χ1v) is 13.2. The summed E-state index contributed by atoms with van der Waals surface area (Å²) in [5.41, 5.74) is -0.495. The van der Waals surface area contributed by atoms with E-state index in [0.29, 0.717) is 13.0 Å². The summed E-state index contributed by atoms with van der Waals surface area (Å²) in [6.45, 7) is 5.27. The number of Topliss-reactive ketones (excluding diaryl/α,β-unsaturated/α-hetero) is 1. The highest BCUT2D eigenvalue weighted by Gasteiger charge is 2.50. The largest absolute Gasteiger partial charge is 0.394 e. The van der Waals surface area contributed by atoms with Crippen LogP contribution in [0.3, 0.4) is 0 Å². The second-order valence-corrected chi connectivity index (χ2v) is 10.6. The highest BCUT2D eigenvalue weighted by atomic mass is 16.7. The summed E-state index contributed by atoms with van der Waals surface area (Å²) in [7, 11) is 0. The molecule has 0 aromatic heterocycles. The Bertz CT molecular complexity index is 672. The van der Waals surface area contributed by atoms with Crippen molar-refractivity contribution in [1.82, 2.24) is 0 Å². The number of aliphatic hydroxyl groups is 7. The Labute approximate surface area is 218 Å². The molecule has 10 atom stereocenters. The van der Waals surface area contributed by atoms with Crippen LogP contribution in [0.25, 0.3) is 0 Å². The van der Waals surface area contributed by atoms with E-state index in [4.69, 9.17) is 18.9 Å². The third-order valence-corrected chi connectivity index (χ3v) is 7.03. The van der Waals surface area contributed by atoms with Crippen molar-refractivity contribution in [3.05, 3.63) is 0 Å². The van der Waals surface area contributed by atoms with Gasteiger partial charge in [-0.05, 0) is 26.7 Å². The van der Waals surface area contributed by atoms with E-state index in [-0.39, 0.29) is 18.6 Å². The number of ketones is 1. The molecule has 0 radical (unpaired) electrons. The molecule has 0 bridgehead atoms. The minimum absolute atomic E-state index is 0.180. The number of hydrogen-bond acceptors (Lipinski definition) is 12. The zero-order valence-corrected chi connectivity index (χ0v) is 22.0. The second kappa shape index (κ2) is 15.1. The van der Waals surface area contributed by atoms with Crippen molar-refractivity contribution >= 4 is 5.78 Å². The zero-order chi connectivity index (χ0) is 27.8. The fourth-order valence-electron chi connectivity index (χ4n) is 4.55. The third kappa shape index (κ3) is 9.14. The van der Waals surface area contributed by atoms with Crippen LogP contribution in [0.5, 0.6) is 0 Å². The average molecular weight is 539 g/mol. The Morgan fingerprint density at radius 1 is 0.811 bits per heavy atom. The van der Waals surface area contributed by atoms with Crippen molar-refractivity contribution in [3.63, 3.8) is 0 Å². The fraction of sp³-hybridized carbons (Fsp3) is 0.960. The van der Waals surface area contributed by atoms with E-state index in [2.05, 4.69) is 6.92 Å². The summed E-state index contributed by atoms with van der Waals surface area (Å²) in [6.07, 6.45) is -9.94. The predicted octanol–water partition coefficient (Wildman–Crippen LogP) is -1.23. The molecule has 2 fully saturated rings. The molecule has 10 unspecified atom stereocenters. The average Bonchev–Trinajstić information content (AvgIpc) is 2.87. The third-order valence-electron chi connectivity index (χ3n) is 7.03. The van der Waals surface area contributed by atoms with Gasteiger partial charge < -0.3 is 54.7 Å². The lowest BCUT2D eigenvalue weighted by molar-refractivity contribution is -0.341. The lowest BCUT2D eigenvalue weighted by Crippen LogP contribution is -2.64. The number of unbranched alkanes of at least 4 members (excludes halogenated alkanes) is 3. The van der Waals surface area contributed by atoms with E-state index in [1.54, 1.807) is 0 Å². The van der Waals surface area contributed by atoms with Gasteiger partial charge in [0, 0.05) is 19.4 Å². The normalized spacial score (nSPS) is 37.0. The number of hydrogen-bond donors (Lipinski definition) is 7. The summed E-state index contributed by atoms with van der Waals surface area (Å²) < 4.78 is 22.4. The number of rotatable bonds is 15. The van der Waals surface area contributed by atoms with Gasteiger partial charge in [0.05, 0.1) is 24.9 Å². The first kappa shape index (κ1) is 32.4. The minimum atomic E-state index is -1.74. The maximum absolute atomic E-state index is 12.6. The number of ether oxygens (including phenoxy) is 4. The van der Waals surface area contributed by atoms with E-state index in [0.717, 1.165) is 25.7 Å². The van der Waals surface area contributed by atoms with E-state index in [1.807, 2.05) is 13.8 Å². The van der Waals surface area contributed by atoms with Crippen LogP contribution in [0.1, 0.15) is 65.7 Å². The maximum Gasteiger partial charge on any atom is 0.187 e. The summed E-state index contributed by atoms with van der Waals surface area (Å²) in [5, 5.41) is 70.6. The molecule has 2 aliphatic rings. The summed E-state index contributed by atoms with van der Waals surface area (Å²) >= 11 is 0. The van der Waals surface area contributed by atoms with Crippen LogP contribution in [0, 0.1) is 0 Å². The van der Waals surface area contributed by atoms with E-state index >= 15 is 0 Å². The van der Waals surface area contributed by atoms with Gasteiger partial charge >= 0.3 is 0 Å². The molecule has 0 amide bonds. The molecule has 0 saturated carbocycles. The molecular weight excluding hydrogens is 492 g/mol. The minimum Gasteiger partial charge on any atom is -0.394 e. The molecule has 0 aromatic carbocycles. The van der Waals surface area contributed by atoms with Crippen molar-refractivity contribution in [2.24, 2.45) is 0 Å². The SMILES string of the molecule is CCCCCCOC(C)(C)CCC(=O)CC1OC(CO)C(OC2OC(CO)C(O)C(O)C2O)C(O)C1O. The molecule has 218 valence electrons. The van der Waals surface area contributed by atoms with Gasteiger partial charge in [0.25, 0.3) is 0 Å². The Kier molecular flexibility index (Phi) is 13.3. The number of carbonyl (C=O) groups is 1. The molecule has 0 spiro atoms. The van der Waals surface area contributed by atoms with Crippen LogP contribution in [0.4, 0.5) is 0 Å². The van der Waals surface area contributed by atoms with Gasteiger partial charge in [-0.15, -0.1) is 0 Å². The molecule has 12 nitrogen and oxygen atoms in total. The lowest BCUT2D eigenvalue weighted by Gasteiger charge is -2.46. The second-order valence-electron chi connectivity index (χ2n) is 10.6. The first-order chi connectivity index (χ1) is 17.4. The van der Waals surface area contributed by atoms with Crippen LogP contribution in [-0.2, 0) is 23.7 Å². The van der Waals surface area contributed by atoms with Gasteiger partial charge in [0.15, 0.2) is 6.29 Å². The maximum atomic E-state index is 12.6. The van der Waals surface area contributed by atoms with Gasteiger partial charge in [0.1, 0.15) is 54.6 Å². The van der Waals surface area contributed by atoms with Crippen LogP contribution in [-0.4, -0.2) is 128 Å². The summed E-state index contributed by atoms with van der Waals surface area (Å²) in [6, 6.07) is 0. The molecule has 2 aliphatic heterocycles. The molecule has 2 saturated heterocycles. The van der Waals surface area contributed by atoms with Gasteiger partial charge in [-0.1, -0.05) is 26.2 Å². The van der Waals surface area contributed by atoms with E-state index in [9.17, 15) is 40.5 Å². The van der Waals surface area contributed by atoms with E-state index in [1.165, 1.54) is 0 Å². The van der Waals surface area contributed by atoms with Crippen molar-refractivity contribution in [2.45, 2.75) is 133 Å². The molecule has 7 N–H and O–H groups in total. The zero-order valence-electron chi connectivity index (χ0n) is 22.0.